The highest BCUT2D eigenvalue weighted by Gasteiger charge is 2.29. The normalized spacial score (nSPS) is 15.8. The van der Waals surface area contributed by atoms with Crippen LogP contribution in [-0.4, -0.2) is 40.3 Å². The molecule has 0 aliphatic heterocycles. The first-order valence-corrected chi connectivity index (χ1v) is 7.05. The lowest BCUT2D eigenvalue weighted by atomic mass is 10.3. The predicted octanol–water partition coefficient (Wildman–Crippen LogP) is 1.79. The Morgan fingerprint density at radius 1 is 1.60 bits per heavy atom. The van der Waals surface area contributed by atoms with Crippen LogP contribution in [0.25, 0.3) is 0 Å². The van der Waals surface area contributed by atoms with E-state index in [2.05, 4.69) is 10.5 Å². The molecular formula is C13H18ClN3O3. The molecule has 1 aromatic rings. The number of nitrogens with one attached hydrogen (secondary N) is 1. The minimum atomic E-state index is -0.629. The monoisotopic (exact) mass is 299 g/mol. The minimum Gasteiger partial charge on any atom is -0.360 e. The van der Waals surface area contributed by atoms with Gasteiger partial charge in [0.05, 0.1) is 6.54 Å². The van der Waals surface area contributed by atoms with Gasteiger partial charge in [0.2, 0.25) is 11.8 Å². The van der Waals surface area contributed by atoms with Crippen LogP contribution in [0.1, 0.15) is 25.5 Å². The van der Waals surface area contributed by atoms with Crippen molar-refractivity contribution in [1.29, 1.82) is 0 Å². The molecular weight excluding hydrogens is 282 g/mol. The van der Waals surface area contributed by atoms with Crippen LogP contribution in [0, 0.1) is 12.8 Å². The molecule has 1 aliphatic rings. The molecule has 6 nitrogen and oxygen atoms in total. The molecule has 1 heterocycles. The Balaban J connectivity index is 1.92. The summed E-state index contributed by atoms with van der Waals surface area (Å²) in [4.78, 5) is 25.4. The highest BCUT2D eigenvalue weighted by molar-refractivity contribution is 6.30. The SMILES string of the molecule is Cc1cc(NC(=O)CN(CC2CC2)C(=O)[C@@H](C)Cl)no1. The van der Waals surface area contributed by atoms with Crippen LogP contribution < -0.4 is 5.32 Å². The van der Waals surface area contributed by atoms with Gasteiger partial charge < -0.3 is 14.7 Å². The first kappa shape index (κ1) is 14.8. The van der Waals surface area contributed by atoms with Crippen molar-refractivity contribution in [1.82, 2.24) is 10.1 Å². The van der Waals surface area contributed by atoms with Crippen molar-refractivity contribution in [2.45, 2.75) is 32.1 Å². The van der Waals surface area contributed by atoms with Gasteiger partial charge in [-0.25, -0.2) is 0 Å². The topological polar surface area (TPSA) is 75.4 Å². The molecule has 0 radical (unpaired) electrons. The number of anilines is 1. The number of amides is 2. The summed E-state index contributed by atoms with van der Waals surface area (Å²) in [7, 11) is 0. The van der Waals surface area contributed by atoms with Crippen molar-refractivity contribution < 1.29 is 14.1 Å². The molecule has 1 fully saturated rings. The second-order valence-corrected chi connectivity index (χ2v) is 5.80. The van der Waals surface area contributed by atoms with Crippen LogP contribution in [0.3, 0.4) is 0 Å². The Kier molecular flexibility index (Phi) is 4.65. The molecule has 7 heteroatoms. The first-order chi connectivity index (χ1) is 9.45. The van der Waals surface area contributed by atoms with E-state index in [0.717, 1.165) is 12.8 Å². The van der Waals surface area contributed by atoms with Gasteiger partial charge in [-0.05, 0) is 32.6 Å². The summed E-state index contributed by atoms with van der Waals surface area (Å²) >= 11 is 5.82. The van der Waals surface area contributed by atoms with Crippen LogP contribution in [-0.2, 0) is 9.59 Å². The highest BCUT2D eigenvalue weighted by atomic mass is 35.5. The lowest BCUT2D eigenvalue weighted by Gasteiger charge is -2.22. The Morgan fingerprint density at radius 2 is 2.30 bits per heavy atom. The quantitative estimate of drug-likeness (QED) is 0.813. The average Bonchev–Trinajstić information content (AvgIpc) is 3.10. The van der Waals surface area contributed by atoms with Gasteiger partial charge in [-0.15, -0.1) is 11.6 Å². The predicted molar refractivity (Wildman–Crippen MR) is 74.5 cm³/mol. The molecule has 0 aromatic carbocycles. The Hall–Kier alpha value is -1.56. The van der Waals surface area contributed by atoms with Crippen molar-refractivity contribution in [2.75, 3.05) is 18.4 Å². The van der Waals surface area contributed by atoms with Gasteiger partial charge in [-0.1, -0.05) is 5.16 Å². The summed E-state index contributed by atoms with van der Waals surface area (Å²) in [5, 5.41) is 5.65. The van der Waals surface area contributed by atoms with Gasteiger partial charge in [0.15, 0.2) is 5.82 Å². The zero-order valence-corrected chi connectivity index (χ0v) is 12.3. The van der Waals surface area contributed by atoms with Crippen LogP contribution in [0.4, 0.5) is 5.82 Å². The van der Waals surface area contributed by atoms with Crippen molar-refractivity contribution >= 4 is 29.2 Å². The van der Waals surface area contributed by atoms with Gasteiger partial charge >= 0.3 is 0 Å². The van der Waals surface area contributed by atoms with Crippen molar-refractivity contribution in [3.8, 4) is 0 Å². The van der Waals surface area contributed by atoms with E-state index in [-0.39, 0.29) is 18.4 Å². The summed E-state index contributed by atoms with van der Waals surface area (Å²) in [6.07, 6.45) is 2.20. The average molecular weight is 300 g/mol. The molecule has 0 bridgehead atoms. The van der Waals surface area contributed by atoms with E-state index in [1.165, 1.54) is 4.90 Å². The van der Waals surface area contributed by atoms with Crippen molar-refractivity contribution in [2.24, 2.45) is 5.92 Å². The van der Waals surface area contributed by atoms with E-state index in [1.807, 2.05) is 0 Å². The molecule has 0 spiro atoms. The molecule has 20 heavy (non-hydrogen) atoms. The number of hydrogen-bond acceptors (Lipinski definition) is 4. The number of aromatic nitrogens is 1. The molecule has 1 atom stereocenters. The second kappa shape index (κ2) is 6.26. The van der Waals surface area contributed by atoms with Gasteiger partial charge in [0.25, 0.3) is 0 Å². The maximum Gasteiger partial charge on any atom is 0.245 e. The minimum absolute atomic E-state index is 0.0156. The number of halogens is 1. The Morgan fingerprint density at radius 3 is 2.80 bits per heavy atom. The third kappa shape index (κ3) is 4.23. The number of aryl methyl sites for hydroxylation is 1. The van der Waals surface area contributed by atoms with E-state index in [9.17, 15) is 9.59 Å². The molecule has 2 amide bonds. The molecule has 110 valence electrons. The maximum atomic E-state index is 12.0. The lowest BCUT2D eigenvalue weighted by molar-refractivity contribution is -0.134. The van der Waals surface area contributed by atoms with Crippen LogP contribution in [0.5, 0.6) is 0 Å². The van der Waals surface area contributed by atoms with Crippen LogP contribution >= 0.6 is 11.6 Å². The fourth-order valence-corrected chi connectivity index (χ4v) is 2.02. The number of rotatable bonds is 6. The van der Waals surface area contributed by atoms with Gasteiger partial charge in [0.1, 0.15) is 11.1 Å². The summed E-state index contributed by atoms with van der Waals surface area (Å²) in [6, 6.07) is 1.62. The maximum absolute atomic E-state index is 12.0. The van der Waals surface area contributed by atoms with Crippen LogP contribution in [0.15, 0.2) is 10.6 Å². The fraction of sp³-hybridized carbons (Fsp3) is 0.615. The molecule has 2 rings (SSSR count). The van der Waals surface area contributed by atoms with Gasteiger partial charge in [-0.3, -0.25) is 9.59 Å². The molecule has 1 aromatic heterocycles. The fourth-order valence-electron chi connectivity index (χ4n) is 1.88. The van der Waals surface area contributed by atoms with E-state index in [0.29, 0.717) is 24.0 Å². The Labute approximate surface area is 122 Å². The van der Waals surface area contributed by atoms with Crippen molar-refractivity contribution in [3.63, 3.8) is 0 Å². The third-order valence-electron chi connectivity index (χ3n) is 3.06. The van der Waals surface area contributed by atoms with E-state index >= 15 is 0 Å². The van der Waals surface area contributed by atoms with Gasteiger partial charge in [-0.2, -0.15) is 0 Å². The molecule has 0 unspecified atom stereocenters. The summed E-state index contributed by atoms with van der Waals surface area (Å²) in [5.41, 5.74) is 0. The highest BCUT2D eigenvalue weighted by Crippen LogP contribution is 2.30. The summed E-state index contributed by atoms with van der Waals surface area (Å²) in [6.45, 7) is 3.92. The third-order valence-corrected chi connectivity index (χ3v) is 3.24. The summed E-state index contributed by atoms with van der Waals surface area (Å²) in [5.74, 6) is 0.942. The molecule has 1 saturated carbocycles. The molecule has 1 N–H and O–H groups in total. The summed E-state index contributed by atoms with van der Waals surface area (Å²) < 4.78 is 4.86. The first-order valence-electron chi connectivity index (χ1n) is 6.61. The van der Waals surface area contributed by atoms with Crippen molar-refractivity contribution in [3.05, 3.63) is 11.8 Å². The van der Waals surface area contributed by atoms with E-state index in [1.54, 1.807) is 19.9 Å². The Bertz CT molecular complexity index is 497. The number of nitrogens with zero attached hydrogens (tertiary/aromatic N) is 2. The number of carbonyl (C=O) groups is 2. The van der Waals surface area contributed by atoms with E-state index in [4.69, 9.17) is 16.1 Å². The molecule has 0 saturated heterocycles. The number of hydrogen-bond donors (Lipinski definition) is 1. The molecule has 1 aliphatic carbocycles. The second-order valence-electron chi connectivity index (χ2n) is 5.15. The largest absolute Gasteiger partial charge is 0.360 e. The zero-order chi connectivity index (χ0) is 14.7. The zero-order valence-electron chi connectivity index (χ0n) is 11.6. The lowest BCUT2D eigenvalue weighted by Crippen LogP contribution is -2.42. The van der Waals surface area contributed by atoms with E-state index < -0.39 is 5.38 Å². The standard InChI is InChI=1S/C13H18ClN3O3/c1-8-5-11(16-20-8)15-12(18)7-17(6-10-3-4-10)13(19)9(2)14/h5,9-10H,3-4,6-7H2,1-2H3,(H,15,16,18)/t9-/m1/s1. The number of alkyl halides is 1. The smallest absolute Gasteiger partial charge is 0.245 e. The number of carbonyl (C=O) groups excluding carboxylic acids is 2. The van der Waals surface area contributed by atoms with Crippen LogP contribution in [0.2, 0.25) is 0 Å². The van der Waals surface area contributed by atoms with Gasteiger partial charge in [0, 0.05) is 12.6 Å².